The van der Waals surface area contributed by atoms with Gasteiger partial charge in [-0.3, -0.25) is 4.98 Å². The lowest BCUT2D eigenvalue weighted by Crippen LogP contribution is -2.23. The van der Waals surface area contributed by atoms with E-state index in [4.69, 9.17) is 6.42 Å². The minimum absolute atomic E-state index is 0.326. The first-order valence-electron chi connectivity index (χ1n) is 6.08. The number of terminal acetylenes is 1. The minimum atomic E-state index is 0.326. The molecule has 1 unspecified atom stereocenters. The van der Waals surface area contributed by atoms with Crippen LogP contribution < -0.4 is 10.2 Å². The molecule has 0 fully saturated rings. The molecule has 1 aromatic rings. The average molecular weight is 231 g/mol. The Bertz CT molecular complexity index is 360. The van der Waals surface area contributed by atoms with Crippen molar-refractivity contribution in [2.75, 3.05) is 25.0 Å². The Hall–Kier alpha value is -1.53. The van der Waals surface area contributed by atoms with Gasteiger partial charge >= 0.3 is 0 Å². The molecule has 0 saturated heterocycles. The van der Waals surface area contributed by atoms with Crippen molar-refractivity contribution < 1.29 is 0 Å². The quantitative estimate of drug-likeness (QED) is 0.761. The van der Waals surface area contributed by atoms with Crippen LogP contribution in [0.4, 0.5) is 5.69 Å². The number of aromatic nitrogens is 1. The van der Waals surface area contributed by atoms with E-state index in [9.17, 15) is 0 Å². The molecule has 0 spiro atoms. The summed E-state index contributed by atoms with van der Waals surface area (Å²) in [5.74, 6) is 2.66. The van der Waals surface area contributed by atoms with Crippen molar-refractivity contribution in [2.24, 2.45) is 0 Å². The van der Waals surface area contributed by atoms with E-state index < -0.39 is 0 Å². The summed E-state index contributed by atoms with van der Waals surface area (Å²) < 4.78 is 0. The molecule has 3 nitrogen and oxygen atoms in total. The number of nitrogens with one attached hydrogen (secondary N) is 1. The van der Waals surface area contributed by atoms with E-state index in [1.807, 2.05) is 13.2 Å². The van der Waals surface area contributed by atoms with E-state index in [0.29, 0.717) is 12.6 Å². The van der Waals surface area contributed by atoms with E-state index in [1.54, 1.807) is 0 Å². The molecule has 0 aliphatic rings. The summed E-state index contributed by atoms with van der Waals surface area (Å²) in [6.07, 6.45) is 8.27. The van der Waals surface area contributed by atoms with E-state index in [2.05, 4.69) is 47.1 Å². The van der Waals surface area contributed by atoms with Gasteiger partial charge in [0, 0.05) is 12.6 Å². The van der Waals surface area contributed by atoms with E-state index in [0.717, 1.165) is 24.3 Å². The summed E-state index contributed by atoms with van der Waals surface area (Å²) in [7, 11) is 1.96. The fourth-order valence-corrected chi connectivity index (χ4v) is 1.85. The van der Waals surface area contributed by atoms with Crippen LogP contribution in [-0.4, -0.2) is 25.1 Å². The molecule has 0 amide bonds. The van der Waals surface area contributed by atoms with Crippen molar-refractivity contribution in [3.63, 3.8) is 0 Å². The Balaban J connectivity index is 2.83. The van der Waals surface area contributed by atoms with Gasteiger partial charge in [0.15, 0.2) is 0 Å². The Morgan fingerprint density at radius 3 is 2.65 bits per heavy atom. The largest absolute Gasteiger partial charge is 0.359 e. The molecule has 1 aromatic heterocycles. The predicted molar refractivity (Wildman–Crippen MR) is 73.0 cm³/mol. The summed E-state index contributed by atoms with van der Waals surface area (Å²) in [4.78, 5) is 6.62. The highest BCUT2D eigenvalue weighted by Gasteiger charge is 2.09. The zero-order chi connectivity index (χ0) is 12.7. The fraction of sp³-hybridized carbons (Fsp3) is 0.500. The summed E-state index contributed by atoms with van der Waals surface area (Å²) in [5.41, 5.74) is 2.16. The molecule has 0 aliphatic heterocycles. The van der Waals surface area contributed by atoms with Gasteiger partial charge in [-0.15, -0.1) is 6.42 Å². The summed E-state index contributed by atoms with van der Waals surface area (Å²) >= 11 is 0. The van der Waals surface area contributed by atoms with Gasteiger partial charge < -0.3 is 10.2 Å². The second-order valence-electron chi connectivity index (χ2n) is 3.91. The zero-order valence-electron chi connectivity index (χ0n) is 10.9. The Morgan fingerprint density at radius 2 is 2.24 bits per heavy atom. The van der Waals surface area contributed by atoms with Gasteiger partial charge in [-0.2, -0.15) is 0 Å². The van der Waals surface area contributed by atoms with Gasteiger partial charge in [0.25, 0.3) is 0 Å². The standard InChI is InChI=1S/C14H21N3/c1-5-10-17(7-3)12-8-9-14(16-11-12)13(6-2)15-4/h1,8-9,11,13,15H,6-7,10H2,2-4H3. The lowest BCUT2D eigenvalue weighted by atomic mass is 10.1. The molecule has 3 heteroatoms. The van der Waals surface area contributed by atoms with Gasteiger partial charge in [-0.1, -0.05) is 12.8 Å². The van der Waals surface area contributed by atoms with Crippen LogP contribution in [0.1, 0.15) is 32.0 Å². The van der Waals surface area contributed by atoms with E-state index in [-0.39, 0.29) is 0 Å². The second kappa shape index (κ2) is 6.93. The molecule has 92 valence electrons. The first kappa shape index (κ1) is 13.5. The molecule has 17 heavy (non-hydrogen) atoms. The maximum Gasteiger partial charge on any atom is 0.0792 e. The van der Waals surface area contributed by atoms with E-state index in [1.165, 1.54) is 0 Å². The lowest BCUT2D eigenvalue weighted by molar-refractivity contribution is 0.561. The number of nitrogens with zero attached hydrogens (tertiary/aromatic N) is 2. The number of hydrogen-bond acceptors (Lipinski definition) is 3. The lowest BCUT2D eigenvalue weighted by Gasteiger charge is -2.21. The first-order valence-corrected chi connectivity index (χ1v) is 6.08. The number of anilines is 1. The molecule has 0 saturated carbocycles. The Morgan fingerprint density at radius 1 is 1.47 bits per heavy atom. The third kappa shape index (κ3) is 3.47. The molecule has 0 aromatic carbocycles. The topological polar surface area (TPSA) is 28.2 Å². The number of pyridine rings is 1. The van der Waals surface area contributed by atoms with Crippen molar-refractivity contribution in [1.82, 2.24) is 10.3 Å². The van der Waals surface area contributed by atoms with Crippen molar-refractivity contribution in [3.05, 3.63) is 24.0 Å². The number of rotatable bonds is 6. The molecule has 0 bridgehead atoms. The van der Waals surface area contributed by atoms with Gasteiger partial charge in [0.2, 0.25) is 0 Å². The molecular weight excluding hydrogens is 210 g/mol. The first-order chi connectivity index (χ1) is 8.26. The zero-order valence-corrected chi connectivity index (χ0v) is 10.9. The van der Waals surface area contributed by atoms with Crippen molar-refractivity contribution in [3.8, 4) is 12.3 Å². The van der Waals surface area contributed by atoms with E-state index >= 15 is 0 Å². The van der Waals surface area contributed by atoms with Crippen LogP contribution in [0.25, 0.3) is 0 Å². The summed E-state index contributed by atoms with van der Waals surface area (Å²) in [6.45, 7) is 5.76. The fourth-order valence-electron chi connectivity index (χ4n) is 1.85. The van der Waals surface area contributed by atoms with Crippen LogP contribution in [0.2, 0.25) is 0 Å². The molecule has 0 radical (unpaired) electrons. The monoisotopic (exact) mass is 231 g/mol. The third-order valence-electron chi connectivity index (χ3n) is 2.91. The SMILES string of the molecule is C#CCN(CC)c1ccc(C(CC)NC)nc1. The van der Waals surface area contributed by atoms with Gasteiger partial charge in [-0.05, 0) is 32.5 Å². The smallest absolute Gasteiger partial charge is 0.0792 e. The third-order valence-corrected chi connectivity index (χ3v) is 2.91. The van der Waals surface area contributed by atoms with Crippen LogP contribution in [0.15, 0.2) is 18.3 Å². The normalized spacial score (nSPS) is 11.9. The van der Waals surface area contributed by atoms with Crippen LogP contribution in [0.3, 0.4) is 0 Å². The molecule has 1 heterocycles. The predicted octanol–water partition coefficient (Wildman–Crippen LogP) is 2.21. The van der Waals surface area contributed by atoms with Crippen LogP contribution in [0.5, 0.6) is 0 Å². The van der Waals surface area contributed by atoms with Crippen LogP contribution in [-0.2, 0) is 0 Å². The van der Waals surface area contributed by atoms with Crippen LogP contribution in [0, 0.1) is 12.3 Å². The Kier molecular flexibility index (Phi) is 5.51. The summed E-state index contributed by atoms with van der Waals surface area (Å²) in [5, 5.41) is 3.25. The van der Waals surface area contributed by atoms with Crippen molar-refractivity contribution in [1.29, 1.82) is 0 Å². The maximum atomic E-state index is 5.34. The highest BCUT2D eigenvalue weighted by Crippen LogP contribution is 2.17. The highest BCUT2D eigenvalue weighted by atomic mass is 15.1. The maximum absolute atomic E-state index is 5.34. The summed E-state index contributed by atoms with van der Waals surface area (Å²) in [6, 6.07) is 4.48. The molecule has 0 aliphatic carbocycles. The second-order valence-corrected chi connectivity index (χ2v) is 3.91. The highest BCUT2D eigenvalue weighted by molar-refractivity contribution is 5.45. The van der Waals surface area contributed by atoms with Gasteiger partial charge in [-0.25, -0.2) is 0 Å². The van der Waals surface area contributed by atoms with Gasteiger partial charge in [0.1, 0.15) is 0 Å². The van der Waals surface area contributed by atoms with Gasteiger partial charge in [0.05, 0.1) is 24.1 Å². The molecule has 1 N–H and O–H groups in total. The molecular formula is C14H21N3. The number of hydrogen-bond donors (Lipinski definition) is 1. The van der Waals surface area contributed by atoms with Crippen LogP contribution >= 0.6 is 0 Å². The molecule has 1 atom stereocenters. The average Bonchev–Trinajstić information content (AvgIpc) is 2.38. The minimum Gasteiger partial charge on any atom is -0.359 e. The molecule has 1 rings (SSSR count). The Labute approximate surface area is 104 Å². The van der Waals surface area contributed by atoms with Crippen molar-refractivity contribution in [2.45, 2.75) is 26.3 Å². The van der Waals surface area contributed by atoms with Crippen molar-refractivity contribution >= 4 is 5.69 Å².